The van der Waals surface area contributed by atoms with E-state index in [0.717, 1.165) is 13.1 Å². The second-order valence-corrected chi connectivity index (χ2v) is 11.2. The molecule has 4 fully saturated rings. The standard InChI is InChI=1S/C14H25N3O3.C10H18N2O/c1-10(2)17-9-11-8-15(6-7-16(11)12(17)18)13(19)20-14(3,4)5;1-8(2)12-7-9-5-3-4-6-11(9)10(12)13/h10-11H,6-9H2,1-5H3;8-9H,3-7H2,1-2H3. The van der Waals surface area contributed by atoms with Crippen LogP contribution in [-0.2, 0) is 4.74 Å². The Morgan fingerprint density at radius 1 is 0.818 bits per heavy atom. The molecule has 4 saturated heterocycles. The van der Waals surface area contributed by atoms with Crippen LogP contribution in [0.25, 0.3) is 0 Å². The lowest BCUT2D eigenvalue weighted by molar-refractivity contribution is 0.0127. The van der Waals surface area contributed by atoms with E-state index in [1.807, 2.05) is 49.3 Å². The molecule has 188 valence electrons. The van der Waals surface area contributed by atoms with Crippen LogP contribution in [0.4, 0.5) is 14.4 Å². The van der Waals surface area contributed by atoms with Crippen LogP contribution in [0, 0.1) is 0 Å². The Labute approximate surface area is 199 Å². The molecular formula is C24H43N5O4. The Morgan fingerprint density at radius 3 is 1.88 bits per heavy atom. The van der Waals surface area contributed by atoms with Crippen LogP contribution in [0.15, 0.2) is 0 Å². The van der Waals surface area contributed by atoms with E-state index in [1.54, 1.807) is 4.90 Å². The van der Waals surface area contributed by atoms with Crippen molar-refractivity contribution in [2.24, 2.45) is 0 Å². The third-order valence-corrected chi connectivity index (χ3v) is 6.81. The van der Waals surface area contributed by atoms with Gasteiger partial charge >= 0.3 is 18.2 Å². The van der Waals surface area contributed by atoms with E-state index in [0.29, 0.717) is 38.3 Å². The molecule has 0 bridgehead atoms. The van der Waals surface area contributed by atoms with Crippen molar-refractivity contribution in [3.63, 3.8) is 0 Å². The number of carbonyl (C=O) groups excluding carboxylic acids is 3. The number of hydrogen-bond donors (Lipinski definition) is 0. The summed E-state index contributed by atoms with van der Waals surface area (Å²) in [7, 11) is 0. The van der Waals surface area contributed by atoms with Crippen LogP contribution in [0.2, 0.25) is 0 Å². The summed E-state index contributed by atoms with van der Waals surface area (Å²) in [5.74, 6) is 0. The molecule has 0 aromatic heterocycles. The van der Waals surface area contributed by atoms with E-state index >= 15 is 0 Å². The average Bonchev–Trinajstić information content (AvgIpc) is 3.25. The summed E-state index contributed by atoms with van der Waals surface area (Å²) < 4.78 is 5.40. The van der Waals surface area contributed by atoms with Crippen LogP contribution < -0.4 is 0 Å². The summed E-state index contributed by atoms with van der Waals surface area (Å²) in [5.41, 5.74) is -0.482. The third-order valence-electron chi connectivity index (χ3n) is 6.81. The summed E-state index contributed by atoms with van der Waals surface area (Å²) in [4.78, 5) is 45.6. The minimum absolute atomic E-state index is 0.0890. The number of urea groups is 2. The Morgan fingerprint density at radius 2 is 1.36 bits per heavy atom. The van der Waals surface area contributed by atoms with Crippen LogP contribution >= 0.6 is 0 Å². The third kappa shape index (κ3) is 5.84. The molecule has 0 aliphatic carbocycles. The number of hydrogen-bond acceptors (Lipinski definition) is 4. The molecule has 0 radical (unpaired) electrons. The van der Waals surface area contributed by atoms with Crippen molar-refractivity contribution in [2.75, 3.05) is 39.3 Å². The fourth-order valence-electron chi connectivity index (χ4n) is 5.00. The number of amides is 5. The van der Waals surface area contributed by atoms with Gasteiger partial charge in [0.25, 0.3) is 0 Å². The zero-order chi connectivity index (χ0) is 24.5. The van der Waals surface area contributed by atoms with Crippen LogP contribution in [0.5, 0.6) is 0 Å². The Kier molecular flexibility index (Phi) is 7.69. The first-order chi connectivity index (χ1) is 15.4. The van der Waals surface area contributed by atoms with Gasteiger partial charge in [0.15, 0.2) is 0 Å². The zero-order valence-corrected chi connectivity index (χ0v) is 21.5. The maximum absolute atomic E-state index is 12.2. The minimum atomic E-state index is -0.482. The molecule has 4 aliphatic heterocycles. The van der Waals surface area contributed by atoms with Gasteiger partial charge in [-0.25, -0.2) is 14.4 Å². The van der Waals surface area contributed by atoms with Crippen LogP contribution in [0.3, 0.4) is 0 Å². The van der Waals surface area contributed by atoms with Crippen molar-refractivity contribution in [3.8, 4) is 0 Å². The van der Waals surface area contributed by atoms with Crippen molar-refractivity contribution in [2.45, 2.75) is 97.5 Å². The maximum atomic E-state index is 12.2. The normalized spacial score (nSPS) is 25.4. The Hall–Kier alpha value is -2.19. The van der Waals surface area contributed by atoms with E-state index in [-0.39, 0.29) is 30.2 Å². The SMILES string of the molecule is CC(C)N1CC2CCCCN2C1=O.CC(C)N1CC2CN(C(=O)OC(C)(C)C)CCN2C1=O. The highest BCUT2D eigenvalue weighted by molar-refractivity contribution is 5.78. The topological polar surface area (TPSA) is 76.6 Å². The lowest BCUT2D eigenvalue weighted by atomic mass is 10.0. The van der Waals surface area contributed by atoms with Gasteiger partial charge < -0.3 is 29.2 Å². The minimum Gasteiger partial charge on any atom is -0.444 e. The van der Waals surface area contributed by atoms with E-state index in [1.165, 1.54) is 19.3 Å². The summed E-state index contributed by atoms with van der Waals surface area (Å²) >= 11 is 0. The monoisotopic (exact) mass is 465 g/mol. The molecule has 2 atom stereocenters. The van der Waals surface area contributed by atoms with Gasteiger partial charge in [0.2, 0.25) is 0 Å². The molecule has 0 saturated carbocycles. The molecule has 0 N–H and O–H groups in total. The number of piperazine rings is 1. The predicted molar refractivity (Wildman–Crippen MR) is 127 cm³/mol. The smallest absolute Gasteiger partial charge is 0.410 e. The second-order valence-electron chi connectivity index (χ2n) is 11.2. The molecule has 5 amide bonds. The Bertz CT molecular complexity index is 731. The molecule has 4 heterocycles. The molecule has 0 spiro atoms. The first-order valence-corrected chi connectivity index (χ1v) is 12.5. The molecule has 0 aromatic carbocycles. The molecule has 2 unspecified atom stereocenters. The molecule has 0 aromatic rings. The summed E-state index contributed by atoms with van der Waals surface area (Å²) in [6, 6.07) is 1.52. The van der Waals surface area contributed by atoms with Crippen molar-refractivity contribution in [1.29, 1.82) is 0 Å². The highest BCUT2D eigenvalue weighted by Crippen LogP contribution is 2.26. The van der Waals surface area contributed by atoms with Gasteiger partial charge in [-0.3, -0.25) is 0 Å². The van der Waals surface area contributed by atoms with Gasteiger partial charge in [-0.2, -0.15) is 0 Å². The Balaban J connectivity index is 0.000000203. The number of ether oxygens (including phenoxy) is 1. The van der Waals surface area contributed by atoms with Crippen LogP contribution in [-0.4, -0.2) is 112 Å². The second kappa shape index (κ2) is 9.97. The molecule has 9 nitrogen and oxygen atoms in total. The van der Waals surface area contributed by atoms with Gasteiger partial charge in [0, 0.05) is 51.4 Å². The number of rotatable bonds is 2. The maximum Gasteiger partial charge on any atom is 0.410 e. The molecule has 4 aliphatic rings. The van der Waals surface area contributed by atoms with Gasteiger partial charge in [0.05, 0.1) is 12.1 Å². The number of piperidine rings is 1. The van der Waals surface area contributed by atoms with Gasteiger partial charge in [-0.05, 0) is 67.7 Å². The number of fused-ring (bicyclic) bond motifs is 2. The van der Waals surface area contributed by atoms with E-state index in [2.05, 4.69) is 18.7 Å². The fourth-order valence-corrected chi connectivity index (χ4v) is 5.00. The lowest BCUT2D eigenvalue weighted by Crippen LogP contribution is -2.54. The van der Waals surface area contributed by atoms with Crippen LogP contribution in [0.1, 0.15) is 67.7 Å². The van der Waals surface area contributed by atoms with Gasteiger partial charge in [0.1, 0.15) is 5.60 Å². The lowest BCUT2D eigenvalue weighted by Gasteiger charge is -2.37. The van der Waals surface area contributed by atoms with E-state index in [4.69, 9.17) is 4.74 Å². The van der Waals surface area contributed by atoms with Gasteiger partial charge in [-0.15, -0.1) is 0 Å². The zero-order valence-electron chi connectivity index (χ0n) is 21.5. The van der Waals surface area contributed by atoms with Crippen molar-refractivity contribution >= 4 is 18.2 Å². The fraction of sp³-hybridized carbons (Fsp3) is 0.875. The summed E-state index contributed by atoms with van der Waals surface area (Å²) in [6.07, 6.45) is 3.40. The van der Waals surface area contributed by atoms with E-state index in [9.17, 15) is 14.4 Å². The van der Waals surface area contributed by atoms with Gasteiger partial charge in [-0.1, -0.05) is 0 Å². The molecular weight excluding hydrogens is 422 g/mol. The van der Waals surface area contributed by atoms with Crippen molar-refractivity contribution < 1.29 is 19.1 Å². The number of carbonyl (C=O) groups is 3. The predicted octanol–water partition coefficient (Wildman–Crippen LogP) is 3.44. The van der Waals surface area contributed by atoms with Crippen molar-refractivity contribution in [3.05, 3.63) is 0 Å². The van der Waals surface area contributed by atoms with Crippen molar-refractivity contribution in [1.82, 2.24) is 24.5 Å². The first kappa shape index (κ1) is 25.4. The summed E-state index contributed by atoms with van der Waals surface area (Å²) in [5, 5.41) is 0. The first-order valence-electron chi connectivity index (χ1n) is 12.5. The molecule has 33 heavy (non-hydrogen) atoms. The quantitative estimate of drug-likeness (QED) is 0.626. The number of nitrogens with zero attached hydrogens (tertiary/aromatic N) is 5. The molecule has 9 heteroatoms. The average molecular weight is 466 g/mol. The highest BCUT2D eigenvalue weighted by atomic mass is 16.6. The summed E-state index contributed by atoms with van der Waals surface area (Å²) in [6.45, 7) is 18.1. The highest BCUT2D eigenvalue weighted by Gasteiger charge is 2.43. The largest absolute Gasteiger partial charge is 0.444 e. The van der Waals surface area contributed by atoms with E-state index < -0.39 is 5.60 Å². The molecule has 4 rings (SSSR count).